The van der Waals surface area contributed by atoms with Crippen LogP contribution >= 0.6 is 0 Å². The first-order valence-corrected chi connectivity index (χ1v) is 5.67. The van der Waals surface area contributed by atoms with Gasteiger partial charge in [0.1, 0.15) is 0 Å². The van der Waals surface area contributed by atoms with E-state index < -0.39 is 0 Å². The van der Waals surface area contributed by atoms with Gasteiger partial charge in [-0.1, -0.05) is 74.0 Å². The van der Waals surface area contributed by atoms with E-state index in [0.29, 0.717) is 0 Å². The molecule has 0 aliphatic rings. The molecular weight excluding hydrogens is 192 g/mol. The van der Waals surface area contributed by atoms with E-state index in [-0.39, 0.29) is 0 Å². The molecule has 0 heterocycles. The zero-order valence-corrected chi connectivity index (χ0v) is 9.60. The SMILES string of the molecule is [CH2]CCCc1ccccc1.[c]1ccccc1. The summed E-state index contributed by atoms with van der Waals surface area (Å²) in [7, 11) is 0. The molecule has 2 rings (SSSR count). The fourth-order valence-electron chi connectivity index (χ4n) is 1.32. The van der Waals surface area contributed by atoms with Crippen LogP contribution in [0.3, 0.4) is 0 Å². The molecule has 0 N–H and O–H groups in total. The Kier molecular flexibility index (Phi) is 6.82. The first-order chi connectivity index (χ1) is 7.93. The zero-order chi connectivity index (χ0) is 11.5. The highest BCUT2D eigenvalue weighted by atomic mass is 13.9. The van der Waals surface area contributed by atoms with Crippen LogP contribution in [-0.4, -0.2) is 0 Å². The number of benzene rings is 2. The molecule has 0 saturated carbocycles. The van der Waals surface area contributed by atoms with Crippen LogP contribution in [0.1, 0.15) is 18.4 Å². The van der Waals surface area contributed by atoms with Gasteiger partial charge in [-0.25, -0.2) is 0 Å². The Morgan fingerprint density at radius 3 is 1.94 bits per heavy atom. The van der Waals surface area contributed by atoms with Gasteiger partial charge in [-0.2, -0.15) is 0 Å². The summed E-state index contributed by atoms with van der Waals surface area (Å²) in [6.07, 6.45) is 3.41. The number of hydrogen-bond donors (Lipinski definition) is 0. The average molecular weight is 210 g/mol. The van der Waals surface area contributed by atoms with Crippen molar-refractivity contribution in [3.8, 4) is 0 Å². The van der Waals surface area contributed by atoms with Crippen molar-refractivity contribution in [1.29, 1.82) is 0 Å². The van der Waals surface area contributed by atoms with Crippen molar-refractivity contribution in [2.45, 2.75) is 19.3 Å². The Morgan fingerprint density at radius 1 is 0.875 bits per heavy atom. The van der Waals surface area contributed by atoms with Gasteiger partial charge in [-0.05, 0) is 24.5 Å². The van der Waals surface area contributed by atoms with E-state index in [1.54, 1.807) is 0 Å². The van der Waals surface area contributed by atoms with E-state index in [4.69, 9.17) is 0 Å². The highest BCUT2D eigenvalue weighted by molar-refractivity contribution is 5.14. The summed E-state index contributed by atoms with van der Waals surface area (Å²) >= 11 is 0. The molecule has 0 heteroatoms. The van der Waals surface area contributed by atoms with E-state index in [1.807, 2.05) is 36.4 Å². The molecule has 0 unspecified atom stereocenters. The molecule has 82 valence electrons. The van der Waals surface area contributed by atoms with Gasteiger partial charge in [-0.15, -0.1) is 0 Å². The highest BCUT2D eigenvalue weighted by Crippen LogP contribution is 2.02. The normalized spacial score (nSPS) is 9.06. The van der Waals surface area contributed by atoms with E-state index in [1.165, 1.54) is 18.4 Å². The lowest BCUT2D eigenvalue weighted by atomic mass is 10.1. The van der Waals surface area contributed by atoms with Crippen LogP contribution in [0.5, 0.6) is 0 Å². The second-order valence-corrected chi connectivity index (χ2v) is 3.52. The molecule has 16 heavy (non-hydrogen) atoms. The van der Waals surface area contributed by atoms with Crippen molar-refractivity contribution < 1.29 is 0 Å². The molecule has 0 aliphatic heterocycles. The molecule has 0 atom stereocenters. The molecular formula is C16H18. The van der Waals surface area contributed by atoms with Gasteiger partial charge in [0.25, 0.3) is 0 Å². The maximum Gasteiger partial charge on any atom is -0.0184 e. The molecule has 0 saturated heterocycles. The Labute approximate surface area is 99.0 Å². The van der Waals surface area contributed by atoms with Crippen molar-refractivity contribution in [2.24, 2.45) is 0 Å². The molecule has 2 radical (unpaired) electrons. The predicted molar refractivity (Wildman–Crippen MR) is 70.0 cm³/mol. The molecule has 2 aromatic rings. The quantitative estimate of drug-likeness (QED) is 0.707. The maximum absolute atomic E-state index is 3.80. The Bertz CT molecular complexity index is 310. The van der Waals surface area contributed by atoms with Crippen molar-refractivity contribution in [3.05, 3.63) is 79.2 Å². The summed E-state index contributed by atoms with van der Waals surface area (Å²) in [6.45, 7) is 3.80. The zero-order valence-electron chi connectivity index (χ0n) is 9.60. The lowest BCUT2D eigenvalue weighted by Gasteiger charge is -1.96. The average Bonchev–Trinajstić information content (AvgIpc) is 2.40. The van der Waals surface area contributed by atoms with E-state index in [2.05, 4.69) is 37.3 Å². The van der Waals surface area contributed by atoms with Crippen LogP contribution in [0.25, 0.3) is 0 Å². The van der Waals surface area contributed by atoms with Crippen molar-refractivity contribution in [1.82, 2.24) is 0 Å². The van der Waals surface area contributed by atoms with Crippen molar-refractivity contribution in [3.63, 3.8) is 0 Å². The maximum atomic E-state index is 3.80. The Hall–Kier alpha value is -1.56. The Balaban J connectivity index is 0.000000181. The lowest BCUT2D eigenvalue weighted by Crippen LogP contribution is -1.81. The number of unbranched alkanes of at least 4 members (excludes halogenated alkanes) is 1. The summed E-state index contributed by atoms with van der Waals surface area (Å²) in [4.78, 5) is 0. The van der Waals surface area contributed by atoms with E-state index >= 15 is 0 Å². The molecule has 0 aromatic heterocycles. The van der Waals surface area contributed by atoms with Crippen LogP contribution < -0.4 is 0 Å². The predicted octanol–water partition coefficient (Wildman–Crippen LogP) is 4.33. The van der Waals surface area contributed by atoms with Gasteiger partial charge < -0.3 is 0 Å². The molecule has 0 amide bonds. The second kappa shape index (κ2) is 8.72. The highest BCUT2D eigenvalue weighted by Gasteiger charge is 1.87. The summed E-state index contributed by atoms with van der Waals surface area (Å²) in [6, 6.07) is 23.0. The van der Waals surface area contributed by atoms with Crippen LogP contribution in [0.4, 0.5) is 0 Å². The van der Waals surface area contributed by atoms with E-state index in [9.17, 15) is 0 Å². The van der Waals surface area contributed by atoms with Crippen molar-refractivity contribution in [2.75, 3.05) is 0 Å². The first-order valence-electron chi connectivity index (χ1n) is 5.67. The monoisotopic (exact) mass is 210 g/mol. The minimum absolute atomic E-state index is 1.04. The van der Waals surface area contributed by atoms with Gasteiger partial charge in [0.2, 0.25) is 0 Å². The topological polar surface area (TPSA) is 0 Å². The van der Waals surface area contributed by atoms with Crippen LogP contribution in [0, 0.1) is 13.0 Å². The van der Waals surface area contributed by atoms with E-state index in [0.717, 1.165) is 6.42 Å². The molecule has 0 spiro atoms. The molecule has 0 aliphatic carbocycles. The largest absolute Gasteiger partial charge is 0.0622 e. The van der Waals surface area contributed by atoms with Gasteiger partial charge in [0.05, 0.1) is 0 Å². The third-order valence-corrected chi connectivity index (χ3v) is 2.17. The smallest absolute Gasteiger partial charge is 0.0184 e. The lowest BCUT2D eigenvalue weighted by molar-refractivity contribution is 0.841. The van der Waals surface area contributed by atoms with Gasteiger partial charge in [-0.3, -0.25) is 0 Å². The fraction of sp³-hybridized carbons (Fsp3) is 0.188. The summed E-state index contributed by atoms with van der Waals surface area (Å²) in [5, 5.41) is 0. The minimum atomic E-state index is 1.04. The number of rotatable bonds is 3. The van der Waals surface area contributed by atoms with Crippen molar-refractivity contribution >= 4 is 0 Å². The second-order valence-electron chi connectivity index (χ2n) is 3.52. The standard InChI is InChI=1S/C10H13.C6H5/c1-2-3-7-10-8-5-4-6-9-10;1-2-4-6-5-3-1/h4-6,8-9H,1-3,7H2;1-5H. The first kappa shape index (κ1) is 12.5. The van der Waals surface area contributed by atoms with Gasteiger partial charge in [0, 0.05) is 0 Å². The summed E-state index contributed by atoms with van der Waals surface area (Å²) in [5.74, 6) is 0. The number of hydrogen-bond acceptors (Lipinski definition) is 0. The molecule has 0 bridgehead atoms. The number of aryl methyl sites for hydroxylation is 1. The van der Waals surface area contributed by atoms with Gasteiger partial charge >= 0.3 is 0 Å². The third kappa shape index (κ3) is 6.02. The van der Waals surface area contributed by atoms with Crippen LogP contribution in [-0.2, 0) is 6.42 Å². The molecule has 2 aromatic carbocycles. The fourth-order valence-corrected chi connectivity index (χ4v) is 1.32. The minimum Gasteiger partial charge on any atom is -0.0622 e. The Morgan fingerprint density at radius 2 is 1.50 bits per heavy atom. The molecule has 0 nitrogen and oxygen atoms in total. The summed E-state index contributed by atoms with van der Waals surface area (Å²) in [5.41, 5.74) is 1.42. The van der Waals surface area contributed by atoms with Crippen LogP contribution in [0.15, 0.2) is 60.7 Å². The van der Waals surface area contributed by atoms with Gasteiger partial charge in [0.15, 0.2) is 0 Å². The third-order valence-electron chi connectivity index (χ3n) is 2.17. The molecule has 0 fully saturated rings. The van der Waals surface area contributed by atoms with Crippen LogP contribution in [0.2, 0.25) is 0 Å². The summed E-state index contributed by atoms with van der Waals surface area (Å²) < 4.78 is 0.